The Balaban J connectivity index is 2.36. The van der Waals surface area contributed by atoms with Crippen LogP contribution in [0.1, 0.15) is 59.3 Å². The number of hydrogen-bond donors (Lipinski definition) is 1. The predicted molar refractivity (Wildman–Crippen MR) is 91.6 cm³/mol. The van der Waals surface area contributed by atoms with Crippen molar-refractivity contribution < 1.29 is 9.90 Å². The van der Waals surface area contributed by atoms with Crippen LogP contribution in [0.15, 0.2) is 36.5 Å². The summed E-state index contributed by atoms with van der Waals surface area (Å²) in [6.45, 7) is 14.5. The number of fused-ring (bicyclic) bond motifs is 1. The molecule has 0 radical (unpaired) electrons. The average Bonchev–Trinajstić information content (AvgIpc) is 2.45. The molecule has 22 heavy (non-hydrogen) atoms. The van der Waals surface area contributed by atoms with E-state index < -0.39 is 11.4 Å². The van der Waals surface area contributed by atoms with Crippen LogP contribution < -0.4 is 0 Å². The van der Waals surface area contributed by atoms with Crippen LogP contribution in [0.25, 0.3) is 0 Å². The minimum atomic E-state index is -0.618. The van der Waals surface area contributed by atoms with E-state index in [2.05, 4.69) is 33.1 Å². The third-order valence-corrected chi connectivity index (χ3v) is 6.51. The van der Waals surface area contributed by atoms with Crippen LogP contribution in [0, 0.1) is 22.7 Å². The Bertz CT molecular complexity index is 516. The van der Waals surface area contributed by atoms with Gasteiger partial charge in [0, 0.05) is 0 Å². The minimum Gasteiger partial charge on any atom is -0.481 e. The highest BCUT2D eigenvalue weighted by Crippen LogP contribution is 2.61. The average molecular weight is 302 g/mol. The SMILES string of the molecule is C=CC(C)=CC[C@H]1C(=C)CC[C@@H]2[C@]1(C)CCC[C@@]2(C)C(=O)O. The lowest BCUT2D eigenvalue weighted by atomic mass is 9.46. The summed E-state index contributed by atoms with van der Waals surface area (Å²) < 4.78 is 0. The van der Waals surface area contributed by atoms with Gasteiger partial charge in [-0.05, 0) is 63.2 Å². The number of carboxylic acid groups (broad SMARTS) is 1. The highest BCUT2D eigenvalue weighted by molar-refractivity contribution is 5.75. The van der Waals surface area contributed by atoms with Crippen LogP contribution in [0.4, 0.5) is 0 Å². The van der Waals surface area contributed by atoms with Crippen LogP contribution in [0.3, 0.4) is 0 Å². The second-order valence-electron chi connectivity index (χ2n) is 7.77. The van der Waals surface area contributed by atoms with Gasteiger partial charge in [0.25, 0.3) is 0 Å². The summed E-state index contributed by atoms with van der Waals surface area (Å²) in [4.78, 5) is 11.9. The molecule has 0 aromatic heterocycles. The molecule has 0 unspecified atom stereocenters. The lowest BCUT2D eigenvalue weighted by Crippen LogP contribution is -2.53. The summed E-state index contributed by atoms with van der Waals surface area (Å²) in [5.41, 5.74) is 1.97. The van der Waals surface area contributed by atoms with E-state index in [1.54, 1.807) is 0 Å². The maximum Gasteiger partial charge on any atom is 0.309 e. The first-order valence-corrected chi connectivity index (χ1v) is 8.46. The Morgan fingerprint density at radius 2 is 2.09 bits per heavy atom. The zero-order valence-electron chi connectivity index (χ0n) is 14.3. The van der Waals surface area contributed by atoms with Crippen molar-refractivity contribution >= 4 is 5.97 Å². The standard InChI is InChI=1S/C20H30O2/c1-6-14(2)8-10-16-15(3)9-11-17-19(16,4)12-7-13-20(17,5)18(21)22/h6,8,16-17H,1,3,7,9-13H2,2,4-5H3,(H,21,22)/t16-,17+,19+,20+/m0/s1. The van der Waals surface area contributed by atoms with Crippen LogP contribution in [-0.4, -0.2) is 11.1 Å². The molecule has 2 aliphatic rings. The molecule has 0 heterocycles. The molecule has 4 atom stereocenters. The minimum absolute atomic E-state index is 0.0542. The first kappa shape index (κ1) is 17.1. The molecule has 0 spiro atoms. The number of carboxylic acids is 1. The number of rotatable bonds is 4. The molecule has 0 saturated heterocycles. The van der Waals surface area contributed by atoms with Gasteiger partial charge in [-0.15, -0.1) is 0 Å². The van der Waals surface area contributed by atoms with E-state index in [4.69, 9.17) is 0 Å². The third-order valence-electron chi connectivity index (χ3n) is 6.51. The van der Waals surface area contributed by atoms with Gasteiger partial charge in [0.2, 0.25) is 0 Å². The smallest absolute Gasteiger partial charge is 0.309 e. The first-order valence-electron chi connectivity index (χ1n) is 8.46. The molecule has 2 nitrogen and oxygen atoms in total. The van der Waals surface area contributed by atoms with Gasteiger partial charge in [0.15, 0.2) is 0 Å². The molecule has 2 heteroatoms. The number of hydrogen-bond acceptors (Lipinski definition) is 1. The lowest BCUT2D eigenvalue weighted by molar-refractivity contribution is -0.164. The molecule has 122 valence electrons. The van der Waals surface area contributed by atoms with Crippen LogP contribution >= 0.6 is 0 Å². The molecule has 0 aromatic carbocycles. The van der Waals surface area contributed by atoms with E-state index in [1.165, 1.54) is 11.1 Å². The van der Waals surface area contributed by atoms with Gasteiger partial charge in [-0.3, -0.25) is 4.79 Å². The molecular formula is C20H30O2. The van der Waals surface area contributed by atoms with E-state index in [1.807, 2.05) is 13.0 Å². The second kappa shape index (κ2) is 6.06. The topological polar surface area (TPSA) is 37.3 Å². The van der Waals surface area contributed by atoms with Crippen LogP contribution in [-0.2, 0) is 4.79 Å². The summed E-state index contributed by atoms with van der Waals surface area (Å²) in [6, 6.07) is 0. The molecule has 0 aliphatic heterocycles. The Hall–Kier alpha value is -1.31. The maximum absolute atomic E-state index is 11.9. The summed E-state index contributed by atoms with van der Waals surface area (Å²) >= 11 is 0. The first-order chi connectivity index (χ1) is 10.3. The molecule has 1 N–H and O–H groups in total. The summed E-state index contributed by atoms with van der Waals surface area (Å²) in [7, 11) is 0. The van der Waals surface area contributed by atoms with Crippen LogP contribution in [0.5, 0.6) is 0 Å². The Labute approximate surface area is 135 Å². The van der Waals surface area contributed by atoms with E-state index in [9.17, 15) is 9.90 Å². The van der Waals surface area contributed by atoms with E-state index >= 15 is 0 Å². The lowest BCUT2D eigenvalue weighted by Gasteiger charge is -2.57. The number of carbonyl (C=O) groups is 1. The third kappa shape index (κ3) is 2.68. The van der Waals surface area contributed by atoms with Gasteiger partial charge < -0.3 is 5.11 Å². The normalized spacial score (nSPS) is 39.2. The molecule has 2 fully saturated rings. The summed E-state index contributed by atoms with van der Waals surface area (Å²) in [5, 5.41) is 9.81. The van der Waals surface area contributed by atoms with Crippen molar-refractivity contribution in [3.8, 4) is 0 Å². The zero-order chi connectivity index (χ0) is 16.5. The molecule has 0 bridgehead atoms. The fraction of sp³-hybridized carbons (Fsp3) is 0.650. The van der Waals surface area contributed by atoms with Crippen molar-refractivity contribution in [2.75, 3.05) is 0 Å². The van der Waals surface area contributed by atoms with Gasteiger partial charge in [0.1, 0.15) is 0 Å². The fourth-order valence-corrected chi connectivity index (χ4v) is 5.03. The predicted octanol–water partition coefficient (Wildman–Crippen LogP) is 5.37. The molecule has 0 amide bonds. The number of allylic oxidation sites excluding steroid dienone is 4. The molecule has 0 aromatic rings. The quantitative estimate of drug-likeness (QED) is 0.559. The molecule has 2 rings (SSSR count). The second-order valence-corrected chi connectivity index (χ2v) is 7.77. The fourth-order valence-electron chi connectivity index (χ4n) is 5.03. The van der Waals surface area contributed by atoms with Crippen molar-refractivity contribution in [3.63, 3.8) is 0 Å². The Morgan fingerprint density at radius 3 is 2.68 bits per heavy atom. The van der Waals surface area contributed by atoms with Gasteiger partial charge in [-0.2, -0.15) is 0 Å². The summed E-state index contributed by atoms with van der Waals surface area (Å²) in [6.07, 6.45) is 9.95. The number of aliphatic carboxylic acids is 1. The van der Waals surface area contributed by atoms with E-state index in [0.717, 1.165) is 38.5 Å². The van der Waals surface area contributed by atoms with Crippen molar-refractivity contribution in [3.05, 3.63) is 36.5 Å². The van der Waals surface area contributed by atoms with Gasteiger partial charge in [-0.1, -0.05) is 49.8 Å². The van der Waals surface area contributed by atoms with Crippen molar-refractivity contribution in [2.24, 2.45) is 22.7 Å². The highest BCUT2D eigenvalue weighted by atomic mass is 16.4. The maximum atomic E-state index is 11.9. The Morgan fingerprint density at radius 1 is 1.41 bits per heavy atom. The van der Waals surface area contributed by atoms with Crippen LogP contribution in [0.2, 0.25) is 0 Å². The Kier molecular flexibility index (Phi) is 4.70. The van der Waals surface area contributed by atoms with Gasteiger partial charge >= 0.3 is 5.97 Å². The molecule has 2 aliphatic carbocycles. The van der Waals surface area contributed by atoms with Crippen molar-refractivity contribution in [2.45, 2.75) is 59.3 Å². The summed E-state index contributed by atoms with van der Waals surface area (Å²) in [5.74, 6) is 0.0202. The molecular weight excluding hydrogens is 272 g/mol. The zero-order valence-corrected chi connectivity index (χ0v) is 14.3. The molecule has 2 saturated carbocycles. The monoisotopic (exact) mass is 302 g/mol. The largest absolute Gasteiger partial charge is 0.481 e. The van der Waals surface area contributed by atoms with Gasteiger partial charge in [-0.25, -0.2) is 0 Å². The van der Waals surface area contributed by atoms with Crippen molar-refractivity contribution in [1.82, 2.24) is 0 Å². The van der Waals surface area contributed by atoms with E-state index in [-0.39, 0.29) is 11.3 Å². The van der Waals surface area contributed by atoms with Crippen molar-refractivity contribution in [1.29, 1.82) is 0 Å². The van der Waals surface area contributed by atoms with E-state index in [0.29, 0.717) is 5.92 Å². The highest BCUT2D eigenvalue weighted by Gasteiger charge is 2.57. The van der Waals surface area contributed by atoms with Gasteiger partial charge in [0.05, 0.1) is 5.41 Å².